The summed E-state index contributed by atoms with van der Waals surface area (Å²) >= 11 is 1.26. The number of hydrogen-bond acceptors (Lipinski definition) is 5. The van der Waals surface area contributed by atoms with Gasteiger partial charge in [0.2, 0.25) is 5.13 Å². The Balaban J connectivity index is 1.99. The average molecular weight is 297 g/mol. The number of rotatable bonds is 3. The van der Waals surface area contributed by atoms with Crippen molar-refractivity contribution in [3.63, 3.8) is 0 Å². The lowest BCUT2D eigenvalue weighted by molar-refractivity contribution is 0.256. The number of primary amides is 1. The molecular formula is C14H11N5OS. The molecule has 0 aliphatic carbocycles. The Morgan fingerprint density at radius 2 is 1.81 bits per heavy atom. The zero-order chi connectivity index (χ0) is 14.7. The van der Waals surface area contributed by atoms with Crippen LogP contribution in [-0.4, -0.2) is 21.2 Å². The lowest BCUT2D eigenvalue weighted by atomic mass is 10.3. The fraction of sp³-hybridized carbons (Fsp3) is 0. The summed E-state index contributed by atoms with van der Waals surface area (Å²) in [5.41, 5.74) is 6.81. The van der Waals surface area contributed by atoms with Crippen LogP contribution in [0.15, 0.2) is 54.7 Å². The number of urea groups is 1. The van der Waals surface area contributed by atoms with E-state index in [1.54, 1.807) is 18.3 Å². The van der Waals surface area contributed by atoms with Gasteiger partial charge in [0.25, 0.3) is 0 Å². The molecule has 0 unspecified atom stereocenters. The van der Waals surface area contributed by atoms with Gasteiger partial charge in [-0.25, -0.2) is 9.69 Å². The summed E-state index contributed by atoms with van der Waals surface area (Å²) < 4.78 is 0. The SMILES string of the molecule is NC(=O)N(c1ccccc1)c1nnc(-c2ccccn2)s1. The molecule has 2 amide bonds. The van der Waals surface area contributed by atoms with Gasteiger partial charge in [0.15, 0.2) is 5.01 Å². The number of anilines is 2. The highest BCUT2D eigenvalue weighted by Gasteiger charge is 2.20. The quantitative estimate of drug-likeness (QED) is 0.805. The summed E-state index contributed by atoms with van der Waals surface area (Å²) in [5, 5.41) is 9.16. The van der Waals surface area contributed by atoms with E-state index in [-0.39, 0.29) is 0 Å². The molecule has 21 heavy (non-hydrogen) atoms. The third kappa shape index (κ3) is 2.72. The lowest BCUT2D eigenvalue weighted by Gasteiger charge is -2.16. The summed E-state index contributed by atoms with van der Waals surface area (Å²) in [6, 6.07) is 14.0. The van der Waals surface area contributed by atoms with Crippen molar-refractivity contribution in [1.82, 2.24) is 15.2 Å². The van der Waals surface area contributed by atoms with Crippen molar-refractivity contribution >= 4 is 28.2 Å². The molecule has 3 rings (SSSR count). The zero-order valence-electron chi connectivity index (χ0n) is 10.9. The minimum atomic E-state index is -0.607. The molecule has 0 radical (unpaired) electrons. The molecule has 0 bridgehead atoms. The van der Waals surface area contributed by atoms with E-state index < -0.39 is 6.03 Å². The van der Waals surface area contributed by atoms with Crippen LogP contribution in [0.25, 0.3) is 10.7 Å². The monoisotopic (exact) mass is 297 g/mol. The summed E-state index contributed by atoms with van der Waals surface area (Å²) in [5.74, 6) is 0. The van der Waals surface area contributed by atoms with Crippen molar-refractivity contribution in [3.8, 4) is 10.7 Å². The van der Waals surface area contributed by atoms with Crippen LogP contribution in [0.4, 0.5) is 15.6 Å². The van der Waals surface area contributed by atoms with E-state index in [1.165, 1.54) is 16.2 Å². The number of nitrogens with zero attached hydrogens (tertiary/aromatic N) is 4. The molecule has 0 fully saturated rings. The first-order valence-corrected chi connectivity index (χ1v) is 6.97. The topological polar surface area (TPSA) is 85.0 Å². The van der Waals surface area contributed by atoms with Gasteiger partial charge in [-0.05, 0) is 24.3 Å². The smallest absolute Gasteiger partial charge is 0.325 e. The maximum absolute atomic E-state index is 11.7. The summed E-state index contributed by atoms with van der Waals surface area (Å²) in [7, 11) is 0. The Hall–Kier alpha value is -2.80. The van der Waals surface area contributed by atoms with Gasteiger partial charge in [0.05, 0.1) is 5.69 Å². The van der Waals surface area contributed by atoms with E-state index in [2.05, 4.69) is 15.2 Å². The molecule has 2 heterocycles. The largest absolute Gasteiger partial charge is 0.351 e. The van der Waals surface area contributed by atoms with Crippen molar-refractivity contribution in [2.75, 3.05) is 4.90 Å². The van der Waals surface area contributed by atoms with Gasteiger partial charge in [-0.3, -0.25) is 4.98 Å². The molecule has 0 aliphatic heterocycles. The number of hydrogen-bond donors (Lipinski definition) is 1. The fourth-order valence-electron chi connectivity index (χ4n) is 1.81. The standard InChI is InChI=1S/C14H11N5OS/c15-13(20)19(10-6-2-1-3-7-10)14-18-17-12(21-14)11-8-4-5-9-16-11/h1-9H,(H2,15,20). The van der Waals surface area contributed by atoms with Crippen LogP contribution >= 0.6 is 11.3 Å². The Bertz CT molecular complexity index is 744. The predicted octanol–water partition coefficient (Wildman–Crippen LogP) is 2.82. The molecule has 0 saturated carbocycles. The molecule has 0 atom stereocenters. The van der Waals surface area contributed by atoms with Crippen LogP contribution in [0.5, 0.6) is 0 Å². The minimum absolute atomic E-state index is 0.411. The first-order chi connectivity index (χ1) is 10.3. The van der Waals surface area contributed by atoms with Crippen LogP contribution in [0.2, 0.25) is 0 Å². The Morgan fingerprint density at radius 1 is 1.05 bits per heavy atom. The first kappa shape index (κ1) is 13.2. The van der Waals surface area contributed by atoms with E-state index in [0.717, 1.165) is 0 Å². The number of amides is 2. The molecule has 1 aromatic carbocycles. The second-order valence-electron chi connectivity index (χ2n) is 4.11. The van der Waals surface area contributed by atoms with Crippen LogP contribution in [-0.2, 0) is 0 Å². The number of benzene rings is 1. The van der Waals surface area contributed by atoms with E-state index in [4.69, 9.17) is 5.73 Å². The Morgan fingerprint density at radius 3 is 2.48 bits per heavy atom. The fourth-order valence-corrected chi connectivity index (χ4v) is 2.66. The van der Waals surface area contributed by atoms with E-state index >= 15 is 0 Å². The lowest BCUT2D eigenvalue weighted by Crippen LogP contribution is -2.31. The highest BCUT2D eigenvalue weighted by atomic mass is 32.1. The maximum Gasteiger partial charge on any atom is 0.325 e. The minimum Gasteiger partial charge on any atom is -0.351 e. The summed E-state index contributed by atoms with van der Waals surface area (Å²) in [6.07, 6.45) is 1.68. The number of para-hydroxylation sites is 1. The Kier molecular flexibility index (Phi) is 3.57. The van der Waals surface area contributed by atoms with E-state index in [0.29, 0.717) is 21.5 Å². The van der Waals surface area contributed by atoms with E-state index in [9.17, 15) is 4.79 Å². The molecule has 2 N–H and O–H groups in total. The van der Waals surface area contributed by atoms with Crippen LogP contribution in [0, 0.1) is 0 Å². The van der Waals surface area contributed by atoms with Crippen molar-refractivity contribution < 1.29 is 4.79 Å². The van der Waals surface area contributed by atoms with Crippen molar-refractivity contribution in [3.05, 3.63) is 54.7 Å². The van der Waals surface area contributed by atoms with Gasteiger partial charge in [-0.15, -0.1) is 10.2 Å². The first-order valence-electron chi connectivity index (χ1n) is 6.15. The average Bonchev–Trinajstić information content (AvgIpc) is 2.98. The molecule has 0 spiro atoms. The van der Waals surface area contributed by atoms with Crippen LogP contribution < -0.4 is 10.6 Å². The van der Waals surface area contributed by atoms with Crippen molar-refractivity contribution in [1.29, 1.82) is 0 Å². The molecule has 0 aliphatic rings. The summed E-state index contributed by atoms with van der Waals surface area (Å²) in [6.45, 7) is 0. The van der Waals surface area contributed by atoms with Gasteiger partial charge in [-0.1, -0.05) is 35.6 Å². The molecule has 2 aromatic heterocycles. The van der Waals surface area contributed by atoms with Crippen molar-refractivity contribution in [2.45, 2.75) is 0 Å². The van der Waals surface area contributed by atoms with E-state index in [1.807, 2.05) is 36.4 Å². The van der Waals surface area contributed by atoms with Gasteiger partial charge in [0, 0.05) is 6.20 Å². The van der Waals surface area contributed by atoms with Gasteiger partial charge in [-0.2, -0.15) is 0 Å². The number of aromatic nitrogens is 3. The van der Waals surface area contributed by atoms with Crippen LogP contribution in [0.3, 0.4) is 0 Å². The number of carbonyl (C=O) groups excluding carboxylic acids is 1. The zero-order valence-corrected chi connectivity index (χ0v) is 11.7. The molecular weight excluding hydrogens is 286 g/mol. The second kappa shape index (κ2) is 5.68. The number of nitrogens with two attached hydrogens (primary N) is 1. The molecule has 7 heteroatoms. The molecule has 0 saturated heterocycles. The predicted molar refractivity (Wildman–Crippen MR) is 81.3 cm³/mol. The Labute approximate surface area is 124 Å². The number of pyridine rings is 1. The van der Waals surface area contributed by atoms with Gasteiger partial charge >= 0.3 is 6.03 Å². The third-order valence-electron chi connectivity index (χ3n) is 2.72. The number of carbonyl (C=O) groups is 1. The van der Waals surface area contributed by atoms with Crippen molar-refractivity contribution in [2.24, 2.45) is 5.73 Å². The maximum atomic E-state index is 11.7. The van der Waals surface area contributed by atoms with Gasteiger partial charge in [0.1, 0.15) is 5.69 Å². The highest BCUT2D eigenvalue weighted by Crippen LogP contribution is 2.31. The normalized spacial score (nSPS) is 10.3. The van der Waals surface area contributed by atoms with Gasteiger partial charge < -0.3 is 5.73 Å². The molecule has 6 nitrogen and oxygen atoms in total. The third-order valence-corrected chi connectivity index (χ3v) is 3.66. The van der Waals surface area contributed by atoms with Crippen LogP contribution in [0.1, 0.15) is 0 Å². The molecule has 3 aromatic rings. The second-order valence-corrected chi connectivity index (χ2v) is 5.07. The summed E-state index contributed by atoms with van der Waals surface area (Å²) in [4.78, 5) is 17.3. The highest BCUT2D eigenvalue weighted by molar-refractivity contribution is 7.18. The molecule has 104 valence electrons.